The molecular weight excluding hydrogens is 449 g/mol. The Morgan fingerprint density at radius 2 is 1.90 bits per heavy atom. The Kier molecular flexibility index (Phi) is 5.26. The fourth-order valence-corrected chi connectivity index (χ4v) is 3.58. The first-order valence-corrected chi connectivity index (χ1v) is 9.71. The van der Waals surface area contributed by atoms with Crippen LogP contribution in [0.1, 0.15) is 22.6 Å². The van der Waals surface area contributed by atoms with Crippen LogP contribution in [-0.4, -0.2) is 26.4 Å². The van der Waals surface area contributed by atoms with Gasteiger partial charge >= 0.3 is 6.18 Å². The third-order valence-corrected chi connectivity index (χ3v) is 5.32. The highest BCUT2D eigenvalue weighted by atomic mass is 79.9. The number of fused-ring (bicyclic) bond motifs is 1. The van der Waals surface area contributed by atoms with E-state index in [0.29, 0.717) is 25.1 Å². The van der Waals surface area contributed by atoms with Gasteiger partial charge in [-0.05, 0) is 23.8 Å². The average Bonchev–Trinajstić information content (AvgIpc) is 2.69. The lowest BCUT2D eigenvalue weighted by molar-refractivity contribution is -0.145. The van der Waals surface area contributed by atoms with Crippen LogP contribution in [0, 0.1) is 0 Å². The van der Waals surface area contributed by atoms with Crippen LogP contribution in [0.4, 0.5) is 13.2 Å². The van der Waals surface area contributed by atoms with Gasteiger partial charge in [-0.25, -0.2) is 4.98 Å². The molecule has 1 N–H and O–H groups in total. The predicted molar refractivity (Wildman–Crippen MR) is 105 cm³/mol. The van der Waals surface area contributed by atoms with Gasteiger partial charge in [-0.15, -0.1) is 0 Å². The zero-order valence-electron chi connectivity index (χ0n) is 15.1. The molecule has 0 amide bonds. The second kappa shape index (κ2) is 7.72. The lowest BCUT2D eigenvalue weighted by atomic mass is 10.1. The minimum atomic E-state index is -4.66. The molecule has 3 aromatic rings. The fourth-order valence-electron chi connectivity index (χ4n) is 3.32. The summed E-state index contributed by atoms with van der Waals surface area (Å²) in [7, 11) is 0. The smallest absolute Gasteiger partial charge is 0.303 e. The Morgan fingerprint density at radius 1 is 1.14 bits per heavy atom. The molecule has 1 aliphatic rings. The fraction of sp³-hybridized carbons (Fsp3) is 0.250. The van der Waals surface area contributed by atoms with Crippen molar-refractivity contribution in [2.45, 2.75) is 25.7 Å². The van der Waals surface area contributed by atoms with Gasteiger partial charge in [-0.2, -0.15) is 13.2 Å². The summed E-state index contributed by atoms with van der Waals surface area (Å²) in [4.78, 5) is 24.1. The van der Waals surface area contributed by atoms with Gasteiger partial charge in [0.15, 0.2) is 0 Å². The van der Waals surface area contributed by atoms with Crippen molar-refractivity contribution in [1.82, 2.24) is 19.9 Å². The quantitative estimate of drug-likeness (QED) is 0.631. The van der Waals surface area contributed by atoms with Crippen molar-refractivity contribution >= 4 is 15.9 Å². The molecule has 0 bridgehead atoms. The minimum absolute atomic E-state index is 0.223. The SMILES string of the molecule is O=c1[nH]c(C(F)(F)F)nc2c1CN(Cc1ccc(-c3ccc(Br)cc3)nc1)CC2. The normalized spacial score (nSPS) is 14.6. The summed E-state index contributed by atoms with van der Waals surface area (Å²) in [6, 6.07) is 11.7. The Balaban J connectivity index is 1.48. The number of hydrogen-bond acceptors (Lipinski definition) is 4. The highest BCUT2D eigenvalue weighted by molar-refractivity contribution is 9.10. The van der Waals surface area contributed by atoms with Crippen LogP contribution in [0.5, 0.6) is 0 Å². The summed E-state index contributed by atoms with van der Waals surface area (Å²) in [5.74, 6) is -1.23. The molecule has 0 fully saturated rings. The molecule has 9 heteroatoms. The summed E-state index contributed by atoms with van der Waals surface area (Å²) in [5.41, 5.74) is 2.61. The van der Waals surface area contributed by atoms with E-state index in [1.54, 1.807) is 6.20 Å². The minimum Gasteiger partial charge on any atom is -0.303 e. The van der Waals surface area contributed by atoms with E-state index in [0.717, 1.165) is 21.3 Å². The van der Waals surface area contributed by atoms with E-state index in [1.165, 1.54) is 0 Å². The van der Waals surface area contributed by atoms with Crippen LogP contribution in [0.2, 0.25) is 0 Å². The molecule has 150 valence electrons. The van der Waals surface area contributed by atoms with E-state index in [4.69, 9.17) is 0 Å². The molecule has 1 aliphatic heterocycles. The number of pyridine rings is 1. The van der Waals surface area contributed by atoms with Crippen molar-refractivity contribution in [1.29, 1.82) is 0 Å². The zero-order valence-corrected chi connectivity index (χ0v) is 16.7. The maximum atomic E-state index is 12.8. The van der Waals surface area contributed by atoms with E-state index in [2.05, 4.69) is 25.9 Å². The van der Waals surface area contributed by atoms with Crippen molar-refractivity contribution in [2.24, 2.45) is 0 Å². The molecule has 0 radical (unpaired) electrons. The second-order valence-corrected chi connectivity index (χ2v) is 7.77. The van der Waals surface area contributed by atoms with Gasteiger partial charge in [-0.3, -0.25) is 14.7 Å². The number of benzene rings is 1. The van der Waals surface area contributed by atoms with Crippen LogP contribution < -0.4 is 5.56 Å². The molecule has 29 heavy (non-hydrogen) atoms. The highest BCUT2D eigenvalue weighted by Gasteiger charge is 2.35. The van der Waals surface area contributed by atoms with Crippen LogP contribution in [0.15, 0.2) is 51.9 Å². The Bertz CT molecular complexity index is 1080. The number of rotatable bonds is 3. The molecule has 1 aromatic carbocycles. The number of halogens is 4. The van der Waals surface area contributed by atoms with Crippen molar-refractivity contribution in [3.63, 3.8) is 0 Å². The first-order chi connectivity index (χ1) is 13.8. The monoisotopic (exact) mass is 464 g/mol. The van der Waals surface area contributed by atoms with E-state index in [1.807, 2.05) is 46.3 Å². The van der Waals surface area contributed by atoms with E-state index >= 15 is 0 Å². The summed E-state index contributed by atoms with van der Waals surface area (Å²) in [6.45, 7) is 1.33. The maximum absolute atomic E-state index is 12.8. The van der Waals surface area contributed by atoms with Gasteiger partial charge in [0.05, 0.1) is 17.0 Å². The van der Waals surface area contributed by atoms with E-state index in [-0.39, 0.29) is 12.2 Å². The van der Waals surface area contributed by atoms with Gasteiger partial charge in [-0.1, -0.05) is 34.1 Å². The van der Waals surface area contributed by atoms with Crippen molar-refractivity contribution < 1.29 is 13.2 Å². The Morgan fingerprint density at radius 3 is 2.55 bits per heavy atom. The number of aromatic nitrogens is 3. The number of H-pyrrole nitrogens is 1. The van der Waals surface area contributed by atoms with Crippen LogP contribution in [0.3, 0.4) is 0 Å². The maximum Gasteiger partial charge on any atom is 0.449 e. The van der Waals surface area contributed by atoms with Gasteiger partial charge in [0.1, 0.15) is 0 Å². The molecule has 5 nitrogen and oxygen atoms in total. The Labute approximate surface area is 172 Å². The third kappa shape index (κ3) is 4.40. The summed E-state index contributed by atoms with van der Waals surface area (Å²) in [5, 5.41) is 0. The van der Waals surface area contributed by atoms with Crippen LogP contribution in [-0.2, 0) is 25.7 Å². The molecule has 0 saturated carbocycles. The molecule has 3 heterocycles. The van der Waals surface area contributed by atoms with E-state index < -0.39 is 17.6 Å². The Hall–Kier alpha value is -2.52. The average molecular weight is 465 g/mol. The number of aromatic amines is 1. The summed E-state index contributed by atoms with van der Waals surface area (Å²) < 4.78 is 39.5. The highest BCUT2D eigenvalue weighted by Crippen LogP contribution is 2.27. The second-order valence-electron chi connectivity index (χ2n) is 6.86. The molecule has 4 rings (SSSR count). The number of nitrogens with one attached hydrogen (secondary N) is 1. The zero-order chi connectivity index (χ0) is 20.6. The third-order valence-electron chi connectivity index (χ3n) is 4.79. The molecule has 0 atom stereocenters. The summed E-state index contributed by atoms with van der Waals surface area (Å²) in [6.07, 6.45) is -2.58. The number of hydrogen-bond donors (Lipinski definition) is 1. The van der Waals surface area contributed by atoms with Crippen molar-refractivity contribution in [2.75, 3.05) is 6.54 Å². The molecule has 0 aliphatic carbocycles. The van der Waals surface area contributed by atoms with Crippen molar-refractivity contribution in [3.8, 4) is 11.3 Å². The topological polar surface area (TPSA) is 61.9 Å². The first-order valence-electron chi connectivity index (χ1n) is 8.92. The van der Waals surface area contributed by atoms with E-state index in [9.17, 15) is 18.0 Å². The molecule has 0 unspecified atom stereocenters. The molecule has 0 spiro atoms. The lowest BCUT2D eigenvalue weighted by Crippen LogP contribution is -2.36. The number of nitrogens with zero attached hydrogens (tertiary/aromatic N) is 3. The van der Waals surface area contributed by atoms with Gasteiger partial charge < -0.3 is 4.98 Å². The lowest BCUT2D eigenvalue weighted by Gasteiger charge is -2.27. The first kappa shape index (κ1) is 19.8. The summed E-state index contributed by atoms with van der Waals surface area (Å²) >= 11 is 3.40. The largest absolute Gasteiger partial charge is 0.449 e. The predicted octanol–water partition coefficient (Wildman–Crippen LogP) is 4.17. The standard InChI is InChI=1S/C20H16BrF3N4O/c21-14-4-2-13(3-5-14)16-6-1-12(9-25-16)10-28-8-7-17-15(11-28)18(29)27-19(26-17)20(22,23)24/h1-6,9H,7-8,10-11H2,(H,26,27,29). The van der Waals surface area contributed by atoms with Crippen LogP contribution >= 0.6 is 15.9 Å². The number of alkyl halides is 3. The molecular formula is C20H16BrF3N4O. The molecule has 0 saturated heterocycles. The molecule has 2 aromatic heterocycles. The van der Waals surface area contributed by atoms with Gasteiger partial charge in [0.2, 0.25) is 5.82 Å². The van der Waals surface area contributed by atoms with Gasteiger partial charge in [0.25, 0.3) is 5.56 Å². The van der Waals surface area contributed by atoms with Crippen molar-refractivity contribution in [3.05, 3.63) is 80.1 Å². The van der Waals surface area contributed by atoms with Gasteiger partial charge in [0, 0.05) is 42.3 Å². The van der Waals surface area contributed by atoms with Crippen LogP contribution in [0.25, 0.3) is 11.3 Å².